The molecule has 210 valence electrons. The first kappa shape index (κ1) is 25.1. The van der Waals surface area contributed by atoms with Gasteiger partial charge in [0.2, 0.25) is 0 Å². The summed E-state index contributed by atoms with van der Waals surface area (Å²) in [6, 6.07) is 23.6. The lowest BCUT2D eigenvalue weighted by Crippen LogP contribution is -2.18. The molecule has 7 heteroatoms. The van der Waals surface area contributed by atoms with Crippen LogP contribution in [0.4, 0.5) is 0 Å². The summed E-state index contributed by atoms with van der Waals surface area (Å²) in [7, 11) is 0. The molecule has 8 rings (SSSR count). The van der Waals surface area contributed by atoms with Crippen LogP contribution in [0.5, 0.6) is 0 Å². The Hall–Kier alpha value is -5.69. The van der Waals surface area contributed by atoms with E-state index in [0.717, 1.165) is 90.8 Å². The maximum atomic E-state index is 4.59. The van der Waals surface area contributed by atoms with Gasteiger partial charge in [-0.3, -0.25) is 5.10 Å². The summed E-state index contributed by atoms with van der Waals surface area (Å²) < 4.78 is 0. The van der Waals surface area contributed by atoms with Gasteiger partial charge in [0.25, 0.3) is 0 Å². The number of fused-ring (bicyclic) bond motifs is 8. The summed E-state index contributed by atoms with van der Waals surface area (Å²) in [6.07, 6.45) is 17.1. The minimum atomic E-state index is 0.898. The molecular weight excluding hydrogens is 530 g/mol. The van der Waals surface area contributed by atoms with Crippen LogP contribution in [0.25, 0.3) is 52.1 Å². The molecule has 1 aromatic carbocycles. The van der Waals surface area contributed by atoms with Crippen LogP contribution < -0.4 is 21.4 Å². The Balaban J connectivity index is 1.20. The van der Waals surface area contributed by atoms with Gasteiger partial charge in [0.15, 0.2) is 0 Å². The standard InChI is InChI=1S/C36H31N7/c1-2-43-15-13-25(14-16-43)36-34(22-37-42-36)24-5-3-23(4-6-24)33-20-32-19-30-10-9-28(39-30)17-26-7-8-27(38-26)18-29-11-12-31(40-29)21-35(33)41-32/h3-15,17-22,38-41H,2,16H2,1H3,(H,37,42). The van der Waals surface area contributed by atoms with Crippen molar-refractivity contribution in [2.75, 3.05) is 13.1 Å². The molecular formula is C36H31N7. The zero-order valence-electron chi connectivity index (χ0n) is 23.8. The van der Waals surface area contributed by atoms with Crippen LogP contribution in [0.15, 0.2) is 91.3 Å². The number of likely N-dealkylation sites (N-methyl/N-ethyl adjacent to an activating group) is 1. The maximum Gasteiger partial charge on any atom is 0.0997 e. The number of H-pyrrole nitrogens is 5. The van der Waals surface area contributed by atoms with Crippen LogP contribution >= 0.6 is 0 Å². The molecule has 0 unspecified atom stereocenters. The van der Waals surface area contributed by atoms with Crippen LogP contribution in [0.3, 0.4) is 0 Å². The highest BCUT2D eigenvalue weighted by atomic mass is 15.1. The Bertz CT molecular complexity index is 2260. The normalized spacial score (nSPS) is 14.0. The van der Waals surface area contributed by atoms with Crippen LogP contribution in [-0.4, -0.2) is 48.1 Å². The number of hydrogen-bond donors (Lipinski definition) is 5. The molecule has 7 heterocycles. The number of rotatable bonds is 4. The van der Waals surface area contributed by atoms with Crippen LogP contribution in [-0.2, 0) is 0 Å². The molecule has 2 aliphatic rings. The van der Waals surface area contributed by atoms with Gasteiger partial charge in [-0.25, -0.2) is 0 Å². The van der Waals surface area contributed by atoms with Crippen molar-refractivity contribution >= 4 is 29.9 Å². The first-order valence-corrected chi connectivity index (χ1v) is 14.6. The van der Waals surface area contributed by atoms with E-state index in [1.807, 2.05) is 6.20 Å². The second-order valence-corrected chi connectivity index (χ2v) is 11.0. The third-order valence-electron chi connectivity index (χ3n) is 8.13. The quantitative estimate of drug-likeness (QED) is 0.225. The molecule has 0 fully saturated rings. The van der Waals surface area contributed by atoms with Gasteiger partial charge >= 0.3 is 0 Å². The van der Waals surface area contributed by atoms with Crippen molar-refractivity contribution in [3.05, 3.63) is 141 Å². The Morgan fingerprint density at radius 3 is 1.93 bits per heavy atom. The molecule has 5 aromatic heterocycles. The number of hydrogen-bond acceptors (Lipinski definition) is 2. The predicted octanol–water partition coefficient (Wildman–Crippen LogP) is 3.92. The molecule has 8 bridgehead atoms. The first-order valence-electron chi connectivity index (χ1n) is 14.6. The van der Waals surface area contributed by atoms with Gasteiger partial charge in [0.1, 0.15) is 0 Å². The van der Waals surface area contributed by atoms with Crippen molar-refractivity contribution in [3.8, 4) is 22.3 Å². The first-order chi connectivity index (χ1) is 21.2. The fraction of sp³-hybridized carbons (Fsp3) is 0.0833. The molecule has 0 saturated carbocycles. The second-order valence-electron chi connectivity index (χ2n) is 11.0. The van der Waals surface area contributed by atoms with E-state index in [9.17, 15) is 0 Å². The summed E-state index contributed by atoms with van der Waals surface area (Å²) in [5.74, 6) is 0. The summed E-state index contributed by atoms with van der Waals surface area (Å²) >= 11 is 0. The van der Waals surface area contributed by atoms with Crippen LogP contribution in [0.2, 0.25) is 0 Å². The number of aromatic amines is 5. The van der Waals surface area contributed by atoms with Crippen LogP contribution in [0, 0.1) is 0 Å². The van der Waals surface area contributed by atoms with E-state index in [1.165, 1.54) is 0 Å². The van der Waals surface area contributed by atoms with E-state index in [2.05, 4.69) is 151 Å². The molecule has 0 spiro atoms. The van der Waals surface area contributed by atoms with E-state index in [4.69, 9.17) is 0 Å². The number of nitrogens with zero attached hydrogens (tertiary/aromatic N) is 2. The average Bonchev–Trinajstić information content (AvgIpc) is 3.87. The Morgan fingerprint density at radius 2 is 1.30 bits per heavy atom. The molecule has 0 aliphatic carbocycles. The van der Waals surface area contributed by atoms with Gasteiger partial charge in [-0.05, 0) is 97.1 Å². The van der Waals surface area contributed by atoms with Gasteiger partial charge in [-0.15, -0.1) is 0 Å². The Kier molecular flexibility index (Phi) is 6.00. The predicted molar refractivity (Wildman–Crippen MR) is 173 cm³/mol. The monoisotopic (exact) mass is 561 g/mol. The van der Waals surface area contributed by atoms with E-state index in [-0.39, 0.29) is 0 Å². The van der Waals surface area contributed by atoms with Gasteiger partial charge in [-0.1, -0.05) is 30.3 Å². The summed E-state index contributed by atoms with van der Waals surface area (Å²) in [6.45, 7) is 4.06. The zero-order valence-corrected chi connectivity index (χ0v) is 23.8. The molecule has 0 radical (unpaired) electrons. The fourth-order valence-corrected chi connectivity index (χ4v) is 5.87. The van der Waals surface area contributed by atoms with E-state index < -0.39 is 0 Å². The number of benzene rings is 1. The van der Waals surface area contributed by atoms with E-state index in [1.54, 1.807) is 0 Å². The summed E-state index contributed by atoms with van der Waals surface area (Å²) in [5.41, 5.74) is 10.8. The minimum absolute atomic E-state index is 0.898. The number of nitrogens with one attached hydrogen (secondary N) is 5. The lowest BCUT2D eigenvalue weighted by atomic mass is 9.98. The van der Waals surface area contributed by atoms with Gasteiger partial charge in [0.05, 0.1) is 5.69 Å². The number of aromatic nitrogens is 6. The van der Waals surface area contributed by atoms with Crippen molar-refractivity contribution in [1.29, 1.82) is 0 Å². The average molecular weight is 562 g/mol. The number of allylic oxidation sites excluding steroid dienone is 2. The zero-order chi connectivity index (χ0) is 28.8. The van der Waals surface area contributed by atoms with Gasteiger partial charge < -0.3 is 24.8 Å². The van der Waals surface area contributed by atoms with Gasteiger partial charge in [-0.2, -0.15) is 5.10 Å². The Morgan fingerprint density at radius 1 is 0.674 bits per heavy atom. The minimum Gasteiger partial charge on any atom is -0.374 e. The molecule has 5 N–H and O–H groups in total. The van der Waals surface area contributed by atoms with Crippen molar-refractivity contribution in [2.24, 2.45) is 0 Å². The van der Waals surface area contributed by atoms with Crippen molar-refractivity contribution in [3.63, 3.8) is 0 Å². The summed E-state index contributed by atoms with van der Waals surface area (Å²) in [4.78, 5) is 16.5. The molecule has 6 aromatic rings. The highest BCUT2D eigenvalue weighted by molar-refractivity contribution is 5.84. The topological polar surface area (TPSA) is 95.1 Å². The maximum absolute atomic E-state index is 4.59. The van der Waals surface area contributed by atoms with Crippen molar-refractivity contribution < 1.29 is 0 Å². The van der Waals surface area contributed by atoms with E-state index in [0.29, 0.717) is 0 Å². The smallest absolute Gasteiger partial charge is 0.0997 e. The van der Waals surface area contributed by atoms with Crippen molar-refractivity contribution in [1.82, 2.24) is 35.0 Å². The van der Waals surface area contributed by atoms with Crippen molar-refractivity contribution in [2.45, 2.75) is 6.92 Å². The molecule has 0 atom stereocenters. The molecule has 2 aliphatic heterocycles. The third-order valence-corrected chi connectivity index (χ3v) is 8.13. The molecule has 0 saturated heterocycles. The molecule has 7 nitrogen and oxygen atoms in total. The van der Waals surface area contributed by atoms with E-state index >= 15 is 0 Å². The SMILES string of the molecule is CCN1C=CC(c2n[nH]cc2-c2ccc(-c3cc4[nH]c3=Cc3ccc([nH]3)C=c3ccc([nH]3)=Cc3ccc([nH]3)C=4)cc2)=CC1. The molecule has 0 amide bonds. The lowest BCUT2D eigenvalue weighted by molar-refractivity contribution is 0.437. The highest BCUT2D eigenvalue weighted by Gasteiger charge is 2.14. The van der Waals surface area contributed by atoms with Gasteiger partial charge in [0, 0.05) is 80.2 Å². The van der Waals surface area contributed by atoms with Crippen LogP contribution in [0.1, 0.15) is 35.4 Å². The third kappa shape index (κ3) is 4.91. The molecule has 43 heavy (non-hydrogen) atoms. The Labute approximate surface area is 248 Å². The fourth-order valence-electron chi connectivity index (χ4n) is 5.87. The summed E-state index contributed by atoms with van der Waals surface area (Å²) in [5, 5.41) is 11.8. The lowest BCUT2D eigenvalue weighted by Gasteiger charge is -2.20. The largest absolute Gasteiger partial charge is 0.374 e. The highest BCUT2D eigenvalue weighted by Crippen LogP contribution is 2.30. The second kappa shape index (κ2) is 10.3.